The molecule has 0 saturated heterocycles. The summed E-state index contributed by atoms with van der Waals surface area (Å²) in [4.78, 5) is 36.0. The highest BCUT2D eigenvalue weighted by molar-refractivity contribution is 6.30. The minimum absolute atomic E-state index is 0.110. The van der Waals surface area contributed by atoms with Crippen LogP contribution in [0, 0.1) is 5.82 Å². The molecule has 0 fully saturated rings. The number of para-hydroxylation sites is 1. The fourth-order valence-corrected chi connectivity index (χ4v) is 4.64. The highest BCUT2D eigenvalue weighted by atomic mass is 35.5. The molecular weight excluding hydrogens is 519 g/mol. The predicted molar refractivity (Wildman–Crippen MR) is 152 cm³/mol. The number of likely N-dealkylation sites (N-methyl/N-ethyl adjacent to an activating group) is 1. The van der Waals surface area contributed by atoms with Crippen LogP contribution in [0.3, 0.4) is 0 Å². The molecule has 0 spiro atoms. The molecule has 0 N–H and O–H groups in total. The normalized spacial score (nSPS) is 12.2. The third kappa shape index (κ3) is 6.71. The Hall–Kier alpha value is -3.59. The van der Waals surface area contributed by atoms with Gasteiger partial charge in [0.15, 0.2) is 0 Å². The number of amides is 1. The molecular formula is C30H32ClFN4O3. The van der Waals surface area contributed by atoms with Gasteiger partial charge >= 0.3 is 0 Å². The molecule has 39 heavy (non-hydrogen) atoms. The molecule has 0 aliphatic carbocycles. The Labute approximate surface area is 232 Å². The Morgan fingerprint density at radius 3 is 2.46 bits per heavy atom. The first-order valence-corrected chi connectivity index (χ1v) is 13.2. The lowest BCUT2D eigenvalue weighted by Gasteiger charge is -2.33. The summed E-state index contributed by atoms with van der Waals surface area (Å²) in [5.74, 6) is -0.432. The summed E-state index contributed by atoms with van der Waals surface area (Å²) >= 11 is 6.11. The van der Waals surface area contributed by atoms with Crippen molar-refractivity contribution in [2.75, 3.05) is 33.8 Å². The maximum atomic E-state index is 14.0. The van der Waals surface area contributed by atoms with Gasteiger partial charge in [-0.25, -0.2) is 9.37 Å². The molecule has 1 atom stereocenters. The van der Waals surface area contributed by atoms with Crippen molar-refractivity contribution in [1.29, 1.82) is 0 Å². The number of hydrogen-bond acceptors (Lipinski definition) is 5. The molecule has 0 saturated carbocycles. The van der Waals surface area contributed by atoms with Crippen molar-refractivity contribution in [1.82, 2.24) is 19.4 Å². The van der Waals surface area contributed by atoms with E-state index in [1.807, 2.05) is 62.3 Å². The molecule has 7 nitrogen and oxygen atoms in total. The third-order valence-corrected chi connectivity index (χ3v) is 6.76. The minimum Gasteiger partial charge on any atom is -0.367 e. The van der Waals surface area contributed by atoms with Gasteiger partial charge in [-0.1, -0.05) is 61.0 Å². The van der Waals surface area contributed by atoms with Crippen LogP contribution in [0.2, 0.25) is 5.02 Å². The maximum absolute atomic E-state index is 14.0. The first kappa shape index (κ1) is 28.4. The summed E-state index contributed by atoms with van der Waals surface area (Å²) in [6.45, 7) is 3.11. The fraction of sp³-hybridized carbons (Fsp3) is 0.300. The van der Waals surface area contributed by atoms with E-state index in [0.29, 0.717) is 48.5 Å². The van der Waals surface area contributed by atoms with Gasteiger partial charge < -0.3 is 14.5 Å². The summed E-state index contributed by atoms with van der Waals surface area (Å²) in [5.41, 5.74) is 1.53. The molecule has 1 unspecified atom stereocenters. The maximum Gasteiger partial charge on any atom is 0.266 e. The van der Waals surface area contributed by atoms with Gasteiger partial charge in [0.1, 0.15) is 18.2 Å². The van der Waals surface area contributed by atoms with Crippen LogP contribution in [0.15, 0.2) is 77.6 Å². The lowest BCUT2D eigenvalue weighted by Crippen LogP contribution is -2.43. The SMILES string of the molecule is CCC(c1nc2ccccc2c(=O)n1-c1ccc(F)c(Cl)c1)N(CCN(C)C)C(=O)COCc1ccccc1. The summed E-state index contributed by atoms with van der Waals surface area (Å²) in [5, 5.41) is 0.301. The minimum atomic E-state index is -0.589. The van der Waals surface area contributed by atoms with Crippen LogP contribution in [0.5, 0.6) is 0 Å². The van der Waals surface area contributed by atoms with E-state index in [1.165, 1.54) is 22.8 Å². The second-order valence-electron chi connectivity index (χ2n) is 9.52. The third-order valence-electron chi connectivity index (χ3n) is 6.47. The number of carbonyl (C=O) groups is 1. The molecule has 4 aromatic rings. The summed E-state index contributed by atoms with van der Waals surface area (Å²) < 4.78 is 21.3. The van der Waals surface area contributed by atoms with E-state index >= 15 is 0 Å². The van der Waals surface area contributed by atoms with E-state index < -0.39 is 11.9 Å². The van der Waals surface area contributed by atoms with Crippen molar-refractivity contribution in [3.8, 4) is 5.69 Å². The standard InChI is InChI=1S/C30H32ClFN4O3/c1-4-27(35(17-16-34(2)3)28(37)20-39-19-21-10-6-5-7-11-21)29-33-26-13-9-8-12-23(26)30(38)36(29)22-14-15-25(32)24(31)18-22/h5-15,18,27H,4,16-17,19-20H2,1-3H3. The highest BCUT2D eigenvalue weighted by Crippen LogP contribution is 2.27. The Balaban J connectivity index is 1.77. The summed E-state index contributed by atoms with van der Waals surface area (Å²) in [6, 6.07) is 20.2. The Bertz CT molecular complexity index is 1490. The number of hydrogen-bond donors (Lipinski definition) is 0. The van der Waals surface area contributed by atoms with E-state index in [-0.39, 0.29) is 23.1 Å². The van der Waals surface area contributed by atoms with Crippen LogP contribution < -0.4 is 5.56 Å². The zero-order chi connectivity index (χ0) is 27.9. The van der Waals surface area contributed by atoms with Gasteiger partial charge in [-0.15, -0.1) is 0 Å². The lowest BCUT2D eigenvalue weighted by molar-refractivity contribution is -0.139. The Kier molecular flexibility index (Phi) is 9.45. The highest BCUT2D eigenvalue weighted by Gasteiger charge is 2.29. The first-order valence-electron chi connectivity index (χ1n) is 12.8. The summed E-state index contributed by atoms with van der Waals surface area (Å²) in [6.07, 6.45) is 0.484. The van der Waals surface area contributed by atoms with E-state index in [2.05, 4.69) is 0 Å². The number of nitrogens with zero attached hydrogens (tertiary/aromatic N) is 4. The van der Waals surface area contributed by atoms with Gasteiger partial charge in [0, 0.05) is 13.1 Å². The largest absolute Gasteiger partial charge is 0.367 e. The lowest BCUT2D eigenvalue weighted by atomic mass is 10.1. The monoisotopic (exact) mass is 550 g/mol. The van der Waals surface area contributed by atoms with Crippen molar-refractivity contribution < 1.29 is 13.9 Å². The van der Waals surface area contributed by atoms with E-state index in [1.54, 1.807) is 23.1 Å². The van der Waals surface area contributed by atoms with Crippen molar-refractivity contribution in [3.63, 3.8) is 0 Å². The quantitative estimate of drug-likeness (QED) is 0.256. The number of benzene rings is 3. The molecule has 0 bridgehead atoms. The zero-order valence-electron chi connectivity index (χ0n) is 22.3. The topological polar surface area (TPSA) is 67.7 Å². The number of fused-ring (bicyclic) bond motifs is 1. The van der Waals surface area contributed by atoms with Crippen molar-refractivity contribution in [2.45, 2.75) is 26.0 Å². The molecule has 9 heteroatoms. The fourth-order valence-electron chi connectivity index (χ4n) is 4.46. The first-order chi connectivity index (χ1) is 18.8. The van der Waals surface area contributed by atoms with Crippen molar-refractivity contribution in [3.05, 3.63) is 105 Å². The van der Waals surface area contributed by atoms with Crippen LogP contribution in [0.4, 0.5) is 4.39 Å². The number of rotatable bonds is 11. The number of halogens is 2. The second-order valence-corrected chi connectivity index (χ2v) is 9.93. The summed E-state index contributed by atoms with van der Waals surface area (Å²) in [7, 11) is 3.86. The number of aromatic nitrogens is 2. The van der Waals surface area contributed by atoms with Gasteiger partial charge in [0.05, 0.1) is 34.3 Å². The average Bonchev–Trinajstić information content (AvgIpc) is 2.93. The van der Waals surface area contributed by atoms with Gasteiger partial charge in [-0.3, -0.25) is 14.2 Å². The van der Waals surface area contributed by atoms with Crippen LogP contribution in [-0.4, -0.2) is 59.0 Å². The molecule has 1 heterocycles. The Morgan fingerprint density at radius 1 is 1.05 bits per heavy atom. The van der Waals surface area contributed by atoms with Crippen molar-refractivity contribution >= 4 is 28.4 Å². The number of carbonyl (C=O) groups excluding carboxylic acids is 1. The van der Waals surface area contributed by atoms with Crippen LogP contribution in [0.1, 0.15) is 30.8 Å². The molecule has 0 radical (unpaired) electrons. The van der Waals surface area contributed by atoms with E-state index in [4.69, 9.17) is 21.3 Å². The average molecular weight is 551 g/mol. The molecule has 0 aliphatic heterocycles. The Morgan fingerprint density at radius 2 is 1.77 bits per heavy atom. The predicted octanol–water partition coefficient (Wildman–Crippen LogP) is 5.24. The molecule has 3 aromatic carbocycles. The van der Waals surface area contributed by atoms with Crippen molar-refractivity contribution in [2.24, 2.45) is 0 Å². The van der Waals surface area contributed by atoms with Gasteiger partial charge in [-0.05, 0) is 56.4 Å². The van der Waals surface area contributed by atoms with Crippen LogP contribution in [-0.2, 0) is 16.1 Å². The molecule has 4 rings (SSSR count). The van der Waals surface area contributed by atoms with Crippen LogP contribution in [0.25, 0.3) is 16.6 Å². The molecule has 204 valence electrons. The second kappa shape index (κ2) is 13.0. The van der Waals surface area contributed by atoms with Gasteiger partial charge in [0.2, 0.25) is 5.91 Å². The van der Waals surface area contributed by atoms with E-state index in [0.717, 1.165) is 5.56 Å². The van der Waals surface area contributed by atoms with Gasteiger partial charge in [0.25, 0.3) is 5.56 Å². The van der Waals surface area contributed by atoms with Gasteiger partial charge in [-0.2, -0.15) is 0 Å². The van der Waals surface area contributed by atoms with E-state index in [9.17, 15) is 14.0 Å². The number of ether oxygens (including phenoxy) is 1. The van der Waals surface area contributed by atoms with Crippen LogP contribution >= 0.6 is 11.6 Å². The molecule has 1 amide bonds. The smallest absolute Gasteiger partial charge is 0.266 e. The zero-order valence-corrected chi connectivity index (χ0v) is 23.1. The molecule has 1 aromatic heterocycles. The molecule has 0 aliphatic rings.